The van der Waals surface area contributed by atoms with Crippen molar-refractivity contribution in [3.05, 3.63) is 23.9 Å². The largest absolute Gasteiger partial charge is 0.371 e. The van der Waals surface area contributed by atoms with Gasteiger partial charge in [0.2, 0.25) is 10.0 Å². The number of nitrogens with one attached hydrogen (secondary N) is 1. The second kappa shape index (κ2) is 6.23. The molecule has 1 aromatic carbocycles. The molecular formula is C19H28N4O2S. The quantitative estimate of drug-likeness (QED) is 0.894. The predicted octanol–water partition coefficient (Wildman–Crippen LogP) is 3.08. The predicted molar refractivity (Wildman–Crippen MR) is 105 cm³/mol. The number of benzene rings is 1. The Morgan fingerprint density at radius 2 is 1.92 bits per heavy atom. The number of piperidine rings is 1. The van der Waals surface area contributed by atoms with E-state index in [9.17, 15) is 8.42 Å². The van der Waals surface area contributed by atoms with Gasteiger partial charge in [-0.25, -0.2) is 8.42 Å². The molecule has 2 fully saturated rings. The minimum absolute atomic E-state index is 0.339. The zero-order chi connectivity index (χ0) is 18.5. The summed E-state index contributed by atoms with van der Waals surface area (Å²) in [5.41, 5.74) is 3.26. The van der Waals surface area contributed by atoms with Crippen molar-refractivity contribution >= 4 is 26.6 Å². The van der Waals surface area contributed by atoms with Crippen molar-refractivity contribution in [1.29, 1.82) is 0 Å². The molecular weight excluding hydrogens is 348 g/mol. The molecule has 2 aliphatic heterocycles. The number of sulfonamides is 1. The summed E-state index contributed by atoms with van der Waals surface area (Å²) < 4.78 is 26.0. The van der Waals surface area contributed by atoms with E-state index in [0.29, 0.717) is 12.5 Å². The third kappa shape index (κ3) is 3.11. The number of rotatable bonds is 3. The van der Waals surface area contributed by atoms with Gasteiger partial charge in [0.15, 0.2) is 0 Å². The minimum atomic E-state index is -3.19. The lowest BCUT2D eigenvalue weighted by molar-refractivity contribution is 0.154. The Kier molecular flexibility index (Phi) is 4.27. The normalized spacial score (nSPS) is 24.4. The summed E-state index contributed by atoms with van der Waals surface area (Å²) in [6.45, 7) is 6.87. The number of hydrogen-bond donors (Lipinski definition) is 1. The lowest BCUT2D eigenvalue weighted by Crippen LogP contribution is -2.51. The molecule has 1 N–H and O–H groups in total. The second-order valence-corrected chi connectivity index (χ2v) is 10.3. The molecule has 0 bridgehead atoms. The average molecular weight is 377 g/mol. The van der Waals surface area contributed by atoms with Crippen molar-refractivity contribution in [3.63, 3.8) is 0 Å². The molecule has 1 atom stereocenters. The fourth-order valence-corrected chi connectivity index (χ4v) is 6.23. The van der Waals surface area contributed by atoms with Crippen LogP contribution < -0.4 is 4.90 Å². The summed E-state index contributed by atoms with van der Waals surface area (Å²) in [4.78, 5) is 2.44. The maximum atomic E-state index is 12.1. The summed E-state index contributed by atoms with van der Waals surface area (Å²) in [5, 5.41) is 8.57. The van der Waals surface area contributed by atoms with E-state index in [1.54, 1.807) is 4.31 Å². The van der Waals surface area contributed by atoms with E-state index in [1.165, 1.54) is 35.7 Å². The molecule has 0 saturated carbocycles. The van der Waals surface area contributed by atoms with Gasteiger partial charge in [-0.2, -0.15) is 9.40 Å². The molecule has 3 heterocycles. The molecule has 0 spiro atoms. The molecule has 142 valence electrons. The van der Waals surface area contributed by atoms with Crippen molar-refractivity contribution < 1.29 is 8.42 Å². The van der Waals surface area contributed by atoms with Gasteiger partial charge in [0.25, 0.3) is 0 Å². The van der Waals surface area contributed by atoms with Crippen molar-refractivity contribution in [2.45, 2.75) is 51.0 Å². The summed E-state index contributed by atoms with van der Waals surface area (Å²) in [6.07, 6.45) is 7.39. The Hall–Kier alpha value is -1.60. The van der Waals surface area contributed by atoms with Crippen LogP contribution in [0.4, 0.5) is 5.69 Å². The van der Waals surface area contributed by atoms with E-state index < -0.39 is 10.0 Å². The smallest absolute Gasteiger partial charge is 0.211 e. The number of anilines is 1. The second-order valence-electron chi connectivity index (χ2n) is 8.40. The van der Waals surface area contributed by atoms with Crippen LogP contribution in [0.3, 0.4) is 0 Å². The summed E-state index contributed by atoms with van der Waals surface area (Å²) in [6, 6.07) is 4.52. The fourth-order valence-electron chi connectivity index (χ4n) is 4.82. The van der Waals surface area contributed by atoms with Crippen LogP contribution in [-0.2, 0) is 10.0 Å². The Morgan fingerprint density at radius 3 is 2.58 bits per heavy atom. The van der Waals surface area contributed by atoms with E-state index in [1.807, 2.05) is 20.0 Å². The first-order valence-electron chi connectivity index (χ1n) is 9.45. The van der Waals surface area contributed by atoms with Gasteiger partial charge in [-0.05, 0) is 63.1 Å². The Labute approximate surface area is 155 Å². The highest BCUT2D eigenvalue weighted by Crippen LogP contribution is 2.42. The molecule has 0 amide bonds. The first-order valence-corrected chi connectivity index (χ1v) is 11.3. The lowest BCUT2D eigenvalue weighted by Gasteiger charge is -2.44. The van der Waals surface area contributed by atoms with Gasteiger partial charge in [-0.15, -0.1) is 0 Å². The number of aromatic nitrogens is 2. The van der Waals surface area contributed by atoms with Crippen LogP contribution in [0.25, 0.3) is 10.9 Å². The molecule has 4 rings (SSSR count). The third-order valence-electron chi connectivity index (χ3n) is 5.99. The molecule has 0 radical (unpaired) electrons. The molecule has 1 unspecified atom stereocenters. The van der Waals surface area contributed by atoms with E-state index in [2.05, 4.69) is 27.2 Å². The van der Waals surface area contributed by atoms with Crippen LogP contribution in [0.1, 0.15) is 51.0 Å². The molecule has 6 nitrogen and oxygen atoms in total. The van der Waals surface area contributed by atoms with E-state index in [4.69, 9.17) is 0 Å². The standard InChI is InChI=1S/C19H28N4O2S/c1-19(2)12-14(6-9-23(19)26(3,24)25)16-10-15(22-7-4-5-8-22)11-18-17(16)13-20-21-18/h10-11,13-14H,4-9,12H2,1-3H3,(H,20,21). The molecule has 1 aromatic heterocycles. The maximum Gasteiger partial charge on any atom is 0.211 e. The monoisotopic (exact) mass is 376 g/mol. The van der Waals surface area contributed by atoms with Crippen molar-refractivity contribution in [2.24, 2.45) is 0 Å². The molecule has 26 heavy (non-hydrogen) atoms. The first-order chi connectivity index (χ1) is 12.3. The third-order valence-corrected chi connectivity index (χ3v) is 7.47. The van der Waals surface area contributed by atoms with E-state index >= 15 is 0 Å². The fraction of sp³-hybridized carbons (Fsp3) is 0.632. The summed E-state index contributed by atoms with van der Waals surface area (Å²) in [5.74, 6) is 0.339. The zero-order valence-corrected chi connectivity index (χ0v) is 16.6. The van der Waals surface area contributed by atoms with Crippen LogP contribution in [0.15, 0.2) is 18.3 Å². The number of H-pyrrole nitrogens is 1. The summed E-state index contributed by atoms with van der Waals surface area (Å²) in [7, 11) is -3.19. The number of aromatic amines is 1. The SMILES string of the molecule is CC1(C)CC(c2cc(N3CCCC3)cc3[nH]ncc23)CCN1S(C)(=O)=O. The topological polar surface area (TPSA) is 69.3 Å². The Bertz CT molecular complexity index is 913. The van der Waals surface area contributed by atoms with Gasteiger partial charge in [0.1, 0.15) is 0 Å². The Balaban J connectivity index is 1.71. The van der Waals surface area contributed by atoms with Gasteiger partial charge in [0.05, 0.1) is 18.0 Å². The van der Waals surface area contributed by atoms with E-state index in [-0.39, 0.29) is 5.54 Å². The zero-order valence-electron chi connectivity index (χ0n) is 15.8. The van der Waals surface area contributed by atoms with Crippen molar-refractivity contribution in [2.75, 3.05) is 30.8 Å². The highest BCUT2D eigenvalue weighted by molar-refractivity contribution is 7.88. The van der Waals surface area contributed by atoms with Crippen molar-refractivity contribution in [3.8, 4) is 0 Å². The van der Waals surface area contributed by atoms with Crippen LogP contribution >= 0.6 is 0 Å². The summed E-state index contributed by atoms with van der Waals surface area (Å²) >= 11 is 0. The highest BCUT2D eigenvalue weighted by Gasteiger charge is 2.40. The van der Waals surface area contributed by atoms with Gasteiger partial charge in [0, 0.05) is 36.2 Å². The van der Waals surface area contributed by atoms with Crippen LogP contribution in [0.5, 0.6) is 0 Å². The Morgan fingerprint density at radius 1 is 1.19 bits per heavy atom. The van der Waals surface area contributed by atoms with Gasteiger partial charge >= 0.3 is 0 Å². The van der Waals surface area contributed by atoms with Crippen LogP contribution in [0.2, 0.25) is 0 Å². The molecule has 7 heteroatoms. The molecule has 0 aliphatic carbocycles. The number of nitrogens with zero attached hydrogens (tertiary/aromatic N) is 3. The molecule has 2 aliphatic rings. The lowest BCUT2D eigenvalue weighted by atomic mass is 9.79. The van der Waals surface area contributed by atoms with Crippen molar-refractivity contribution in [1.82, 2.24) is 14.5 Å². The van der Waals surface area contributed by atoms with Crippen LogP contribution in [-0.4, -0.2) is 54.3 Å². The minimum Gasteiger partial charge on any atom is -0.371 e. The average Bonchev–Trinajstić information content (AvgIpc) is 3.22. The first kappa shape index (κ1) is 17.8. The number of hydrogen-bond acceptors (Lipinski definition) is 4. The van der Waals surface area contributed by atoms with Gasteiger partial charge < -0.3 is 4.90 Å². The van der Waals surface area contributed by atoms with E-state index in [0.717, 1.165) is 31.4 Å². The molecule has 2 saturated heterocycles. The number of fused-ring (bicyclic) bond motifs is 1. The highest BCUT2D eigenvalue weighted by atomic mass is 32.2. The van der Waals surface area contributed by atoms with Gasteiger partial charge in [-0.1, -0.05) is 0 Å². The van der Waals surface area contributed by atoms with Crippen LogP contribution in [0, 0.1) is 0 Å². The molecule has 2 aromatic rings. The van der Waals surface area contributed by atoms with Gasteiger partial charge in [-0.3, -0.25) is 5.10 Å². The maximum absolute atomic E-state index is 12.1.